The van der Waals surface area contributed by atoms with Gasteiger partial charge in [0.25, 0.3) is 5.91 Å². The van der Waals surface area contributed by atoms with Gasteiger partial charge in [0.05, 0.1) is 11.7 Å². The standard InChI is InChI=1S/C25H22FN3O2S/c1-17-24(32-22(27-17)16-31-20-11-9-19(26)10-12-20)25(30)29-15-14-28-13-5-8-21(28)23(29)18-6-3-2-4-7-18/h2-13,23H,14-16H2,1H3. The number of carbonyl (C=O) groups excluding carboxylic acids is 1. The molecule has 7 heteroatoms. The van der Waals surface area contributed by atoms with Crippen LogP contribution in [0, 0.1) is 12.7 Å². The second-order valence-electron chi connectivity index (χ2n) is 7.70. The minimum absolute atomic E-state index is 0.0191. The lowest BCUT2D eigenvalue weighted by atomic mass is 9.99. The minimum atomic E-state index is -0.309. The van der Waals surface area contributed by atoms with Crippen LogP contribution in [0.5, 0.6) is 5.75 Å². The van der Waals surface area contributed by atoms with Crippen molar-refractivity contribution in [2.75, 3.05) is 6.54 Å². The van der Waals surface area contributed by atoms with E-state index in [2.05, 4.69) is 33.9 Å². The Labute approximate surface area is 189 Å². The van der Waals surface area contributed by atoms with Crippen molar-refractivity contribution in [3.05, 3.63) is 106 Å². The average Bonchev–Trinajstić information content (AvgIpc) is 3.44. The van der Waals surface area contributed by atoms with Crippen molar-refractivity contribution in [3.8, 4) is 5.75 Å². The first-order valence-corrected chi connectivity index (χ1v) is 11.3. The Morgan fingerprint density at radius 3 is 2.66 bits per heavy atom. The number of hydrogen-bond donors (Lipinski definition) is 0. The predicted octanol–water partition coefficient (Wildman–Crippen LogP) is 5.22. The third kappa shape index (κ3) is 3.91. The molecule has 162 valence electrons. The highest BCUT2D eigenvalue weighted by molar-refractivity contribution is 7.13. The van der Waals surface area contributed by atoms with Crippen LogP contribution >= 0.6 is 11.3 Å². The predicted molar refractivity (Wildman–Crippen MR) is 121 cm³/mol. The molecule has 0 radical (unpaired) electrons. The average molecular weight is 448 g/mol. The van der Waals surface area contributed by atoms with E-state index in [9.17, 15) is 9.18 Å². The van der Waals surface area contributed by atoms with E-state index in [1.165, 1.54) is 23.5 Å². The first kappa shape index (κ1) is 20.5. The third-order valence-electron chi connectivity index (χ3n) is 5.63. The van der Waals surface area contributed by atoms with Gasteiger partial charge >= 0.3 is 0 Å². The number of halogens is 1. The molecular formula is C25H22FN3O2S. The van der Waals surface area contributed by atoms with Crippen LogP contribution in [0.2, 0.25) is 0 Å². The van der Waals surface area contributed by atoms with Crippen molar-refractivity contribution in [3.63, 3.8) is 0 Å². The van der Waals surface area contributed by atoms with Gasteiger partial charge in [0.1, 0.15) is 28.1 Å². The summed E-state index contributed by atoms with van der Waals surface area (Å²) in [5.41, 5.74) is 2.89. The van der Waals surface area contributed by atoms with Gasteiger partial charge in [-0.15, -0.1) is 11.3 Å². The Bertz CT molecular complexity index is 1230. The molecule has 0 spiro atoms. The summed E-state index contributed by atoms with van der Waals surface area (Å²) in [6.07, 6.45) is 2.07. The zero-order valence-electron chi connectivity index (χ0n) is 17.6. The van der Waals surface area contributed by atoms with Crippen molar-refractivity contribution >= 4 is 17.2 Å². The topological polar surface area (TPSA) is 47.4 Å². The molecular weight excluding hydrogens is 425 g/mol. The molecule has 2 aromatic heterocycles. The second kappa shape index (κ2) is 8.59. The quantitative estimate of drug-likeness (QED) is 0.422. The van der Waals surface area contributed by atoms with Crippen LogP contribution in [-0.2, 0) is 13.2 Å². The molecule has 3 heterocycles. The summed E-state index contributed by atoms with van der Waals surface area (Å²) < 4.78 is 21.0. The van der Waals surface area contributed by atoms with Crippen LogP contribution in [-0.4, -0.2) is 26.9 Å². The molecule has 1 atom stereocenters. The van der Waals surface area contributed by atoms with Crippen LogP contribution in [0.3, 0.4) is 0 Å². The fourth-order valence-corrected chi connectivity index (χ4v) is 5.04. The van der Waals surface area contributed by atoms with E-state index in [1.807, 2.05) is 36.1 Å². The molecule has 0 saturated heterocycles. The zero-order valence-corrected chi connectivity index (χ0v) is 18.4. The fraction of sp³-hybridized carbons (Fsp3) is 0.200. The van der Waals surface area contributed by atoms with E-state index < -0.39 is 0 Å². The van der Waals surface area contributed by atoms with Gasteiger partial charge in [-0.2, -0.15) is 0 Å². The number of ether oxygens (including phenoxy) is 1. The maximum Gasteiger partial charge on any atom is 0.266 e. The fourth-order valence-electron chi connectivity index (χ4n) is 4.11. The molecule has 4 aromatic rings. The Kier molecular flexibility index (Phi) is 5.49. The number of carbonyl (C=O) groups is 1. The highest BCUT2D eigenvalue weighted by Gasteiger charge is 2.34. The Hall–Kier alpha value is -3.45. The number of nitrogens with zero attached hydrogens (tertiary/aromatic N) is 3. The van der Waals surface area contributed by atoms with Crippen LogP contribution in [0.25, 0.3) is 0 Å². The molecule has 1 aliphatic rings. The number of thiazole rings is 1. The van der Waals surface area contributed by atoms with E-state index in [-0.39, 0.29) is 24.4 Å². The molecule has 0 N–H and O–H groups in total. The van der Waals surface area contributed by atoms with Crippen LogP contribution in [0.1, 0.15) is 37.7 Å². The first-order valence-electron chi connectivity index (χ1n) is 10.5. The summed E-state index contributed by atoms with van der Waals surface area (Å²) in [7, 11) is 0. The Morgan fingerprint density at radius 2 is 1.88 bits per heavy atom. The number of hydrogen-bond acceptors (Lipinski definition) is 4. The van der Waals surface area contributed by atoms with Crippen LogP contribution < -0.4 is 4.74 Å². The molecule has 0 bridgehead atoms. The van der Waals surface area contributed by atoms with Gasteiger partial charge in [0.2, 0.25) is 0 Å². The van der Waals surface area contributed by atoms with E-state index >= 15 is 0 Å². The molecule has 2 aromatic carbocycles. The molecule has 1 unspecified atom stereocenters. The number of rotatable bonds is 5. The minimum Gasteiger partial charge on any atom is -0.486 e. The summed E-state index contributed by atoms with van der Waals surface area (Å²) in [4.78, 5) is 20.8. The lowest BCUT2D eigenvalue weighted by molar-refractivity contribution is 0.0668. The van der Waals surface area contributed by atoms with Crippen LogP contribution in [0.4, 0.5) is 4.39 Å². The second-order valence-corrected chi connectivity index (χ2v) is 8.79. The van der Waals surface area contributed by atoms with E-state index in [0.29, 0.717) is 27.9 Å². The maximum atomic E-state index is 13.7. The largest absolute Gasteiger partial charge is 0.486 e. The number of aryl methyl sites for hydroxylation is 1. The monoisotopic (exact) mass is 447 g/mol. The van der Waals surface area contributed by atoms with E-state index in [1.54, 1.807) is 12.1 Å². The van der Waals surface area contributed by atoms with Gasteiger partial charge in [-0.3, -0.25) is 4.79 Å². The lowest BCUT2D eigenvalue weighted by Gasteiger charge is -2.37. The van der Waals surface area contributed by atoms with Gasteiger partial charge in [-0.05, 0) is 48.9 Å². The van der Waals surface area contributed by atoms with Crippen molar-refractivity contribution in [1.82, 2.24) is 14.5 Å². The third-order valence-corrected chi connectivity index (χ3v) is 6.74. The molecule has 5 nitrogen and oxygen atoms in total. The van der Waals surface area contributed by atoms with Crippen molar-refractivity contribution in [1.29, 1.82) is 0 Å². The Balaban J connectivity index is 1.40. The summed E-state index contributed by atoms with van der Waals surface area (Å²) in [6, 6.07) is 20.0. The molecule has 1 aliphatic heterocycles. The number of aromatic nitrogens is 2. The summed E-state index contributed by atoms with van der Waals surface area (Å²) >= 11 is 1.36. The molecule has 0 aliphatic carbocycles. The molecule has 32 heavy (non-hydrogen) atoms. The van der Waals surface area contributed by atoms with E-state index in [0.717, 1.165) is 17.8 Å². The lowest BCUT2D eigenvalue weighted by Crippen LogP contribution is -2.42. The molecule has 0 saturated carbocycles. The first-order chi connectivity index (χ1) is 15.6. The van der Waals surface area contributed by atoms with Crippen molar-refractivity contribution < 1.29 is 13.9 Å². The van der Waals surface area contributed by atoms with Crippen molar-refractivity contribution in [2.45, 2.75) is 26.1 Å². The highest BCUT2D eigenvalue weighted by Crippen LogP contribution is 2.34. The number of amides is 1. The van der Waals surface area contributed by atoms with Gasteiger partial charge in [-0.25, -0.2) is 9.37 Å². The molecule has 5 rings (SSSR count). The van der Waals surface area contributed by atoms with Crippen molar-refractivity contribution in [2.24, 2.45) is 0 Å². The SMILES string of the molecule is Cc1nc(COc2ccc(F)cc2)sc1C(=O)N1CCn2cccc2C1c1ccccc1. The smallest absolute Gasteiger partial charge is 0.266 e. The summed E-state index contributed by atoms with van der Waals surface area (Å²) in [5, 5.41) is 0.715. The van der Waals surface area contributed by atoms with E-state index in [4.69, 9.17) is 4.74 Å². The van der Waals surface area contributed by atoms with Gasteiger partial charge in [0, 0.05) is 25.0 Å². The maximum absolute atomic E-state index is 13.7. The van der Waals surface area contributed by atoms with Gasteiger partial charge < -0.3 is 14.2 Å². The normalized spacial score (nSPS) is 15.4. The van der Waals surface area contributed by atoms with Gasteiger partial charge in [0.15, 0.2) is 0 Å². The summed E-state index contributed by atoms with van der Waals surface area (Å²) in [5.74, 6) is 0.235. The van der Waals surface area contributed by atoms with Gasteiger partial charge in [-0.1, -0.05) is 30.3 Å². The molecule has 0 fully saturated rings. The molecule has 1 amide bonds. The zero-order chi connectivity index (χ0) is 22.1. The highest BCUT2D eigenvalue weighted by atomic mass is 32.1. The summed E-state index contributed by atoms with van der Waals surface area (Å²) in [6.45, 7) is 3.47. The van der Waals surface area contributed by atoms with Crippen LogP contribution in [0.15, 0.2) is 72.9 Å². The Morgan fingerprint density at radius 1 is 1.09 bits per heavy atom. The number of benzene rings is 2. The number of fused-ring (bicyclic) bond motifs is 1.